The molecule has 26 heavy (non-hydrogen) atoms. The summed E-state index contributed by atoms with van der Waals surface area (Å²) in [6.45, 7) is 6.68. The van der Waals surface area contributed by atoms with Gasteiger partial charge < -0.3 is 5.32 Å². The quantitative estimate of drug-likeness (QED) is 0.711. The van der Waals surface area contributed by atoms with Gasteiger partial charge in [-0.2, -0.15) is 0 Å². The van der Waals surface area contributed by atoms with E-state index in [-0.39, 0.29) is 5.91 Å². The summed E-state index contributed by atoms with van der Waals surface area (Å²) in [5.74, 6) is 0.389. The number of anilines is 1. The molecular formula is C19H20N4OS2. The number of hydrogen-bond acceptors (Lipinski definition) is 6. The molecule has 1 aromatic carbocycles. The SMILES string of the molecule is CC(C)N1CC(c2ncc(-c3ccc(NC(=O)c4nccs4)cc3)s2)C1. The number of rotatable bonds is 5. The van der Waals surface area contributed by atoms with E-state index in [9.17, 15) is 4.79 Å². The van der Waals surface area contributed by atoms with Crippen LogP contribution < -0.4 is 5.32 Å². The molecule has 3 heterocycles. The van der Waals surface area contributed by atoms with Gasteiger partial charge in [0.2, 0.25) is 0 Å². The zero-order valence-corrected chi connectivity index (χ0v) is 16.3. The number of likely N-dealkylation sites (tertiary alicyclic amines) is 1. The minimum absolute atomic E-state index is 0.174. The summed E-state index contributed by atoms with van der Waals surface area (Å²) in [5, 5.41) is 6.35. The maximum Gasteiger partial charge on any atom is 0.284 e. The van der Waals surface area contributed by atoms with Crippen molar-refractivity contribution in [2.75, 3.05) is 18.4 Å². The van der Waals surface area contributed by atoms with Gasteiger partial charge in [0.1, 0.15) is 0 Å². The molecule has 1 N–H and O–H groups in total. The zero-order chi connectivity index (χ0) is 18.1. The first-order valence-corrected chi connectivity index (χ1v) is 10.3. The van der Waals surface area contributed by atoms with E-state index in [1.807, 2.05) is 30.5 Å². The Morgan fingerprint density at radius 2 is 2.00 bits per heavy atom. The average molecular weight is 385 g/mol. The van der Waals surface area contributed by atoms with Crippen LogP contribution in [-0.2, 0) is 0 Å². The number of nitrogens with one attached hydrogen (secondary N) is 1. The summed E-state index contributed by atoms with van der Waals surface area (Å²) in [6, 6.07) is 8.50. The Morgan fingerprint density at radius 1 is 1.23 bits per heavy atom. The summed E-state index contributed by atoms with van der Waals surface area (Å²) in [4.78, 5) is 24.3. The molecule has 1 fully saturated rings. The van der Waals surface area contributed by atoms with Gasteiger partial charge in [-0.05, 0) is 31.5 Å². The van der Waals surface area contributed by atoms with E-state index in [0.29, 0.717) is 17.0 Å². The Bertz CT molecular complexity index is 881. The number of benzene rings is 1. The third-order valence-corrected chi connectivity index (χ3v) is 6.55. The minimum Gasteiger partial charge on any atom is -0.320 e. The molecule has 0 saturated carbocycles. The van der Waals surface area contributed by atoms with Crippen LogP contribution in [0.4, 0.5) is 5.69 Å². The van der Waals surface area contributed by atoms with Crippen molar-refractivity contribution in [1.82, 2.24) is 14.9 Å². The Hall–Kier alpha value is -2.09. The molecule has 1 saturated heterocycles. The van der Waals surface area contributed by atoms with Crippen molar-refractivity contribution in [2.45, 2.75) is 25.8 Å². The van der Waals surface area contributed by atoms with Crippen LogP contribution in [0, 0.1) is 0 Å². The molecule has 1 aliphatic rings. The second-order valence-electron chi connectivity index (χ2n) is 6.68. The molecule has 4 rings (SSSR count). The van der Waals surface area contributed by atoms with Gasteiger partial charge in [-0.1, -0.05) is 12.1 Å². The molecule has 0 aliphatic carbocycles. The molecule has 0 radical (unpaired) electrons. The van der Waals surface area contributed by atoms with E-state index >= 15 is 0 Å². The number of nitrogens with zero attached hydrogens (tertiary/aromatic N) is 3. The van der Waals surface area contributed by atoms with Gasteiger partial charge in [-0.3, -0.25) is 9.69 Å². The standard InChI is InChI=1S/C19H20N4OS2/c1-12(2)23-10-14(11-23)18-21-9-16(26-18)13-3-5-15(6-4-13)22-17(24)19-20-7-8-25-19/h3-9,12,14H,10-11H2,1-2H3,(H,22,24). The first-order chi connectivity index (χ1) is 12.6. The van der Waals surface area contributed by atoms with Crippen molar-refractivity contribution in [3.05, 3.63) is 52.1 Å². The Kier molecular flexibility index (Phi) is 4.84. The predicted octanol–water partition coefficient (Wildman–Crippen LogP) is 4.33. The van der Waals surface area contributed by atoms with Crippen LogP contribution >= 0.6 is 22.7 Å². The normalized spacial score (nSPS) is 15.2. The van der Waals surface area contributed by atoms with E-state index in [1.165, 1.54) is 21.2 Å². The van der Waals surface area contributed by atoms with Gasteiger partial charge in [0, 0.05) is 48.5 Å². The predicted molar refractivity (Wildman–Crippen MR) is 107 cm³/mol. The van der Waals surface area contributed by atoms with Crippen LogP contribution in [0.1, 0.15) is 34.6 Å². The number of aromatic nitrogens is 2. The Balaban J connectivity index is 1.40. The van der Waals surface area contributed by atoms with Crippen molar-refractivity contribution in [1.29, 1.82) is 0 Å². The molecular weight excluding hydrogens is 364 g/mol. The number of carbonyl (C=O) groups excluding carboxylic acids is 1. The van der Waals surface area contributed by atoms with Crippen molar-refractivity contribution < 1.29 is 4.79 Å². The van der Waals surface area contributed by atoms with Gasteiger partial charge in [0.25, 0.3) is 5.91 Å². The highest BCUT2D eigenvalue weighted by Gasteiger charge is 2.31. The molecule has 134 valence electrons. The summed E-state index contributed by atoms with van der Waals surface area (Å²) >= 11 is 3.10. The monoisotopic (exact) mass is 384 g/mol. The molecule has 3 aromatic rings. The van der Waals surface area contributed by atoms with Crippen LogP contribution in [-0.4, -0.2) is 39.9 Å². The zero-order valence-electron chi connectivity index (χ0n) is 14.7. The van der Waals surface area contributed by atoms with E-state index < -0.39 is 0 Å². The lowest BCUT2D eigenvalue weighted by Crippen LogP contribution is -2.48. The molecule has 0 bridgehead atoms. The van der Waals surface area contributed by atoms with Crippen LogP contribution in [0.25, 0.3) is 10.4 Å². The fourth-order valence-electron chi connectivity index (χ4n) is 2.94. The maximum absolute atomic E-state index is 12.0. The highest BCUT2D eigenvalue weighted by molar-refractivity contribution is 7.15. The summed E-state index contributed by atoms with van der Waals surface area (Å²) < 4.78 is 0. The fraction of sp³-hybridized carbons (Fsp3) is 0.316. The maximum atomic E-state index is 12.0. The topological polar surface area (TPSA) is 58.1 Å². The van der Waals surface area contributed by atoms with Gasteiger partial charge in [0.05, 0.1) is 9.88 Å². The molecule has 0 spiro atoms. The summed E-state index contributed by atoms with van der Waals surface area (Å²) in [5.41, 5.74) is 1.89. The largest absolute Gasteiger partial charge is 0.320 e. The smallest absolute Gasteiger partial charge is 0.284 e. The fourth-order valence-corrected chi connectivity index (χ4v) is 4.47. The van der Waals surface area contributed by atoms with Gasteiger partial charge in [-0.15, -0.1) is 22.7 Å². The lowest BCUT2D eigenvalue weighted by Gasteiger charge is -2.41. The van der Waals surface area contributed by atoms with E-state index in [1.54, 1.807) is 22.9 Å². The molecule has 1 amide bonds. The molecule has 0 atom stereocenters. The van der Waals surface area contributed by atoms with Gasteiger partial charge in [0.15, 0.2) is 5.01 Å². The van der Waals surface area contributed by atoms with E-state index in [2.05, 4.69) is 34.0 Å². The van der Waals surface area contributed by atoms with Crippen molar-refractivity contribution >= 4 is 34.3 Å². The third-order valence-electron chi connectivity index (χ3n) is 4.57. The molecule has 5 nitrogen and oxygen atoms in total. The lowest BCUT2D eigenvalue weighted by atomic mass is 9.99. The minimum atomic E-state index is -0.174. The van der Waals surface area contributed by atoms with E-state index in [4.69, 9.17) is 0 Å². The first kappa shape index (κ1) is 17.3. The second-order valence-corrected chi connectivity index (χ2v) is 8.63. The third kappa shape index (κ3) is 3.56. The molecule has 2 aromatic heterocycles. The molecule has 0 unspecified atom stereocenters. The highest BCUT2D eigenvalue weighted by atomic mass is 32.1. The summed E-state index contributed by atoms with van der Waals surface area (Å²) in [7, 11) is 0. The highest BCUT2D eigenvalue weighted by Crippen LogP contribution is 2.35. The van der Waals surface area contributed by atoms with Crippen LogP contribution in [0.15, 0.2) is 42.0 Å². The van der Waals surface area contributed by atoms with Gasteiger partial charge in [-0.25, -0.2) is 9.97 Å². The lowest BCUT2D eigenvalue weighted by molar-refractivity contribution is 0.102. The summed E-state index contributed by atoms with van der Waals surface area (Å²) in [6.07, 6.45) is 3.59. The number of amides is 1. The van der Waals surface area contributed by atoms with Crippen LogP contribution in [0.3, 0.4) is 0 Å². The number of thiazole rings is 2. The van der Waals surface area contributed by atoms with Crippen molar-refractivity contribution in [3.8, 4) is 10.4 Å². The number of carbonyl (C=O) groups is 1. The van der Waals surface area contributed by atoms with Crippen LogP contribution in [0.5, 0.6) is 0 Å². The molecule has 1 aliphatic heterocycles. The Morgan fingerprint density at radius 3 is 2.65 bits per heavy atom. The second kappa shape index (κ2) is 7.26. The van der Waals surface area contributed by atoms with Crippen molar-refractivity contribution in [2.24, 2.45) is 0 Å². The molecule has 7 heteroatoms. The first-order valence-electron chi connectivity index (χ1n) is 8.61. The van der Waals surface area contributed by atoms with Crippen molar-refractivity contribution in [3.63, 3.8) is 0 Å². The average Bonchev–Trinajstić information content (AvgIpc) is 3.26. The van der Waals surface area contributed by atoms with Crippen LogP contribution in [0.2, 0.25) is 0 Å². The van der Waals surface area contributed by atoms with E-state index in [0.717, 1.165) is 24.3 Å². The number of hydrogen-bond donors (Lipinski definition) is 1. The Labute approximate surface area is 160 Å². The van der Waals surface area contributed by atoms with Gasteiger partial charge >= 0.3 is 0 Å².